The molecular weight excluding hydrogens is 579 g/mol. The lowest BCUT2D eigenvalue weighted by molar-refractivity contribution is 0.0342. The van der Waals surface area contributed by atoms with E-state index in [-0.39, 0.29) is 23.7 Å². The fourth-order valence-corrected chi connectivity index (χ4v) is 7.67. The van der Waals surface area contributed by atoms with Crippen molar-refractivity contribution in [1.82, 2.24) is 15.2 Å². The van der Waals surface area contributed by atoms with E-state index in [0.29, 0.717) is 40.3 Å². The topological polar surface area (TPSA) is 94.7 Å². The number of aromatic nitrogens is 1. The summed E-state index contributed by atoms with van der Waals surface area (Å²) in [4.78, 5) is 33.7. The Morgan fingerprint density at radius 3 is 2.43 bits per heavy atom. The highest BCUT2D eigenvalue weighted by Crippen LogP contribution is 2.36. The average Bonchev–Trinajstić information content (AvgIpc) is 3.00. The molecule has 0 radical (unpaired) electrons. The van der Waals surface area contributed by atoms with Crippen molar-refractivity contribution in [3.8, 4) is 11.1 Å². The molecule has 0 atom stereocenters. The minimum Gasteiger partial charge on any atom is -0.379 e. The standard InChI is InChI=1S/C34H43FN4O4S/c1-5-39(27-10-16-44(42)17-11-27)30-19-28(26-8-6-25(7-9-26)21-38-12-14-43-15-13-38)32(35)31(24(30)4)34(41)36-20-29-22(2)18-23(3)37-33(29)40/h6-9,18-19,27H,5,10-17,20-21H2,1-4H3,(H,36,41)(H,37,40). The van der Waals surface area contributed by atoms with Gasteiger partial charge in [-0.3, -0.25) is 18.7 Å². The second-order valence-electron chi connectivity index (χ2n) is 11.8. The Kier molecular flexibility index (Phi) is 10.3. The van der Waals surface area contributed by atoms with Crippen LogP contribution in [0, 0.1) is 26.6 Å². The third-order valence-corrected chi connectivity index (χ3v) is 10.2. The van der Waals surface area contributed by atoms with Gasteiger partial charge in [-0.1, -0.05) is 24.3 Å². The maximum Gasteiger partial charge on any atom is 0.254 e. The van der Waals surface area contributed by atoms with Gasteiger partial charge in [-0.05, 0) is 74.9 Å². The number of nitrogens with one attached hydrogen (secondary N) is 2. The number of anilines is 1. The average molecular weight is 623 g/mol. The van der Waals surface area contributed by atoms with Gasteiger partial charge >= 0.3 is 0 Å². The van der Waals surface area contributed by atoms with Crippen LogP contribution in [0.3, 0.4) is 0 Å². The molecule has 0 aliphatic carbocycles. The fourth-order valence-electron chi connectivity index (χ4n) is 6.40. The number of carbonyl (C=O) groups excluding carboxylic acids is 1. The largest absolute Gasteiger partial charge is 0.379 e. The monoisotopic (exact) mass is 622 g/mol. The molecule has 2 aliphatic heterocycles. The fraction of sp³-hybridized carbons (Fsp3) is 0.471. The summed E-state index contributed by atoms with van der Waals surface area (Å²) in [7, 11) is -0.812. The Balaban J connectivity index is 1.51. The van der Waals surface area contributed by atoms with Crippen LogP contribution in [0.15, 0.2) is 41.2 Å². The molecule has 2 fully saturated rings. The summed E-state index contributed by atoms with van der Waals surface area (Å²) in [5, 5.41) is 2.83. The molecule has 8 nitrogen and oxygen atoms in total. The summed E-state index contributed by atoms with van der Waals surface area (Å²) in [6.45, 7) is 12.1. The predicted octanol–water partition coefficient (Wildman–Crippen LogP) is 4.61. The predicted molar refractivity (Wildman–Crippen MR) is 174 cm³/mol. The molecule has 3 aromatic rings. The van der Waals surface area contributed by atoms with Crippen molar-refractivity contribution < 1.29 is 18.1 Å². The van der Waals surface area contributed by atoms with Crippen LogP contribution in [0.5, 0.6) is 0 Å². The highest BCUT2D eigenvalue weighted by Gasteiger charge is 2.29. The van der Waals surface area contributed by atoms with Crippen molar-refractivity contribution in [1.29, 1.82) is 0 Å². The van der Waals surface area contributed by atoms with Gasteiger partial charge in [-0.15, -0.1) is 0 Å². The van der Waals surface area contributed by atoms with E-state index in [1.165, 1.54) is 0 Å². The van der Waals surface area contributed by atoms with Crippen molar-refractivity contribution in [3.05, 3.63) is 86.1 Å². The molecule has 1 aromatic heterocycles. The smallest absolute Gasteiger partial charge is 0.254 e. The van der Waals surface area contributed by atoms with Crippen LogP contribution in [0.4, 0.5) is 10.1 Å². The molecule has 0 unspecified atom stereocenters. The van der Waals surface area contributed by atoms with Crippen LogP contribution < -0.4 is 15.8 Å². The number of hydrogen-bond acceptors (Lipinski definition) is 6. The summed E-state index contributed by atoms with van der Waals surface area (Å²) in [5.74, 6) is 0.125. The van der Waals surface area contributed by atoms with Gasteiger partial charge in [0.1, 0.15) is 5.82 Å². The molecule has 0 bridgehead atoms. The highest BCUT2D eigenvalue weighted by molar-refractivity contribution is 7.85. The van der Waals surface area contributed by atoms with Gasteiger partial charge < -0.3 is 19.9 Å². The van der Waals surface area contributed by atoms with Crippen LogP contribution in [0.2, 0.25) is 0 Å². The van der Waals surface area contributed by atoms with Crippen LogP contribution in [0.1, 0.15) is 58.1 Å². The Bertz CT molecular complexity index is 1570. The Labute approximate surface area is 261 Å². The van der Waals surface area contributed by atoms with Gasteiger partial charge in [0.15, 0.2) is 0 Å². The molecule has 3 heterocycles. The number of morpholine rings is 1. The summed E-state index contributed by atoms with van der Waals surface area (Å²) in [6.07, 6.45) is 1.56. The van der Waals surface area contributed by atoms with Crippen LogP contribution in [-0.2, 0) is 28.6 Å². The lowest BCUT2D eigenvalue weighted by Crippen LogP contribution is -2.41. The van der Waals surface area contributed by atoms with E-state index in [1.807, 2.05) is 43.3 Å². The number of aryl methyl sites for hydroxylation is 2. The number of rotatable bonds is 9. The summed E-state index contributed by atoms with van der Waals surface area (Å²) >= 11 is 0. The first-order valence-electron chi connectivity index (χ1n) is 15.5. The number of pyridine rings is 1. The summed E-state index contributed by atoms with van der Waals surface area (Å²) < 4.78 is 34.1. The molecule has 2 aliphatic rings. The van der Waals surface area contributed by atoms with Crippen molar-refractivity contribution in [2.75, 3.05) is 49.3 Å². The molecule has 2 saturated heterocycles. The third kappa shape index (κ3) is 7.14. The quantitative estimate of drug-likeness (QED) is 0.362. The molecule has 10 heteroatoms. The molecule has 1 amide bonds. The molecule has 0 saturated carbocycles. The number of amides is 1. The molecule has 5 rings (SSSR count). The number of nitrogens with zero attached hydrogens (tertiary/aromatic N) is 2. The molecule has 44 heavy (non-hydrogen) atoms. The van der Waals surface area contributed by atoms with Crippen LogP contribution >= 0.6 is 0 Å². The maximum absolute atomic E-state index is 16.5. The van der Waals surface area contributed by atoms with Crippen LogP contribution in [0.25, 0.3) is 11.1 Å². The van der Waals surface area contributed by atoms with Gasteiger partial charge in [-0.2, -0.15) is 0 Å². The molecule has 2 aromatic carbocycles. The molecule has 2 N–H and O–H groups in total. The Morgan fingerprint density at radius 2 is 1.80 bits per heavy atom. The van der Waals surface area contributed by atoms with E-state index >= 15 is 4.39 Å². The van der Waals surface area contributed by atoms with Gasteiger partial charge in [0, 0.05) is 83.6 Å². The van der Waals surface area contributed by atoms with E-state index in [9.17, 15) is 13.8 Å². The molecule has 236 valence electrons. The van der Waals surface area contributed by atoms with E-state index in [0.717, 1.165) is 68.2 Å². The highest BCUT2D eigenvalue weighted by atomic mass is 32.2. The zero-order chi connectivity index (χ0) is 31.4. The van der Waals surface area contributed by atoms with Crippen molar-refractivity contribution in [3.63, 3.8) is 0 Å². The van der Waals surface area contributed by atoms with E-state index in [1.54, 1.807) is 13.8 Å². The van der Waals surface area contributed by atoms with Crippen LogP contribution in [-0.4, -0.2) is 70.4 Å². The second kappa shape index (κ2) is 14.2. The maximum atomic E-state index is 16.5. The zero-order valence-corrected chi connectivity index (χ0v) is 26.9. The Morgan fingerprint density at radius 1 is 1.11 bits per heavy atom. The normalized spacial score (nSPS) is 19.1. The van der Waals surface area contributed by atoms with Gasteiger partial charge in [0.25, 0.3) is 11.5 Å². The minimum absolute atomic E-state index is 0.0130. The number of ether oxygens (including phenoxy) is 1. The zero-order valence-electron chi connectivity index (χ0n) is 26.1. The van der Waals surface area contributed by atoms with Gasteiger partial charge in [0.05, 0.1) is 18.8 Å². The minimum atomic E-state index is -0.812. The van der Waals surface area contributed by atoms with Crippen molar-refractivity contribution in [2.45, 2.75) is 59.7 Å². The van der Waals surface area contributed by atoms with E-state index in [2.05, 4.69) is 27.0 Å². The molecular formula is C34H43FN4O4S. The number of benzene rings is 2. The number of halogens is 1. The van der Waals surface area contributed by atoms with E-state index in [4.69, 9.17) is 4.74 Å². The second-order valence-corrected chi connectivity index (χ2v) is 13.5. The number of carbonyl (C=O) groups is 1. The van der Waals surface area contributed by atoms with Gasteiger partial charge in [0.2, 0.25) is 0 Å². The van der Waals surface area contributed by atoms with E-state index < -0.39 is 22.5 Å². The SMILES string of the molecule is CCN(c1cc(-c2ccc(CN3CCOCC3)cc2)c(F)c(C(=O)NCc2c(C)cc(C)[nH]c2=O)c1C)C1CCS(=O)CC1. The number of H-pyrrole nitrogens is 1. The number of aromatic amines is 1. The van der Waals surface area contributed by atoms with Gasteiger partial charge in [-0.25, -0.2) is 4.39 Å². The molecule has 0 spiro atoms. The first kappa shape index (κ1) is 32.1. The van der Waals surface area contributed by atoms with Crippen molar-refractivity contribution >= 4 is 22.4 Å². The summed E-state index contributed by atoms with van der Waals surface area (Å²) in [5.41, 5.74) is 5.19. The lowest BCUT2D eigenvalue weighted by Gasteiger charge is -2.37. The lowest BCUT2D eigenvalue weighted by atomic mass is 9.94. The Hall–Kier alpha value is -3.34. The summed E-state index contributed by atoms with van der Waals surface area (Å²) in [6, 6.07) is 11.7. The first-order valence-corrected chi connectivity index (χ1v) is 17.0. The number of hydrogen-bond donors (Lipinski definition) is 2. The third-order valence-electron chi connectivity index (χ3n) is 8.87. The first-order chi connectivity index (χ1) is 21.2. The van der Waals surface area contributed by atoms with Crippen molar-refractivity contribution in [2.24, 2.45) is 0 Å².